The van der Waals surface area contributed by atoms with Crippen LogP contribution in [0, 0.1) is 19.8 Å². The van der Waals surface area contributed by atoms with Gasteiger partial charge >= 0.3 is 0 Å². The van der Waals surface area contributed by atoms with Crippen LogP contribution in [-0.2, 0) is 0 Å². The summed E-state index contributed by atoms with van der Waals surface area (Å²) in [5.74, 6) is 0.969. The topological polar surface area (TPSA) is 17.1 Å². The molecule has 0 radical (unpaired) electrons. The minimum absolute atomic E-state index is 0.195. The molecule has 1 aromatic heterocycles. The molecule has 0 amide bonds. The average molecular weight is 194 g/mol. The predicted octanol–water partition coefficient (Wildman–Crippen LogP) is 3.30. The van der Waals surface area contributed by atoms with Gasteiger partial charge in [0, 0.05) is 10.8 Å². The van der Waals surface area contributed by atoms with Gasteiger partial charge in [0.15, 0.2) is 5.78 Å². The summed E-state index contributed by atoms with van der Waals surface area (Å²) in [7, 11) is 0. The Balaban J connectivity index is 2.65. The predicted molar refractivity (Wildman–Crippen MR) is 55.7 cm³/mol. The number of carbonyl (C=O) groups excluding carboxylic acids is 1. The molecule has 0 aromatic carbocycles. The van der Waals surface area contributed by atoms with E-state index in [1.54, 1.807) is 11.3 Å². The molecule has 0 saturated heterocycles. The van der Waals surface area contributed by atoms with Crippen LogP contribution in [0.5, 0.6) is 0 Å². The molecule has 1 nitrogen and oxygen atoms in total. The van der Waals surface area contributed by atoms with E-state index in [2.05, 4.69) is 20.8 Å². The van der Waals surface area contributed by atoms with Gasteiger partial charge in [0.25, 0.3) is 0 Å². The van der Waals surface area contributed by atoms with Crippen molar-refractivity contribution in [3.63, 3.8) is 0 Å². The molecule has 0 N–H and O–H groups in total. The maximum Gasteiger partial charge on any atom is 0.176 e. The van der Waals surface area contributed by atoms with Crippen LogP contribution in [-0.4, -0.2) is 5.78 Å². The van der Waals surface area contributed by atoms with Gasteiger partial charge in [0.1, 0.15) is 0 Å². The van der Waals surface area contributed by atoms with Crippen LogP contribution in [0.3, 0.4) is 0 Å². The molecule has 1 heterocycles. The third-order valence-corrected chi connectivity index (χ3v) is 4.51. The summed E-state index contributed by atoms with van der Waals surface area (Å²) < 4.78 is 0. The fourth-order valence-electron chi connectivity index (χ4n) is 2.06. The van der Waals surface area contributed by atoms with Crippen molar-refractivity contribution in [2.75, 3.05) is 0 Å². The zero-order valence-electron chi connectivity index (χ0n) is 8.47. The van der Waals surface area contributed by atoms with Crippen LogP contribution in [0.2, 0.25) is 0 Å². The molecule has 70 valence electrons. The lowest BCUT2D eigenvalue weighted by molar-refractivity contribution is 0.0940. The highest BCUT2D eigenvalue weighted by molar-refractivity contribution is 7.14. The lowest BCUT2D eigenvalue weighted by atomic mass is 9.94. The molecule has 1 aliphatic carbocycles. The molecule has 0 spiro atoms. The fraction of sp³-hybridized carbons (Fsp3) is 0.545. The molecule has 0 saturated carbocycles. The maximum atomic E-state index is 11.8. The number of fused-ring (bicyclic) bond motifs is 1. The Kier molecular flexibility index (Phi) is 1.84. The summed E-state index contributed by atoms with van der Waals surface area (Å²) >= 11 is 1.67. The molecule has 1 aliphatic rings. The second-order valence-electron chi connectivity index (χ2n) is 3.97. The van der Waals surface area contributed by atoms with Crippen LogP contribution in [0.1, 0.15) is 45.4 Å². The Labute approximate surface area is 82.8 Å². The minimum atomic E-state index is 0.195. The highest BCUT2D eigenvalue weighted by atomic mass is 32.1. The first-order chi connectivity index (χ1) is 6.04. The molecule has 0 unspecified atom stereocenters. The number of rotatable bonds is 0. The van der Waals surface area contributed by atoms with Gasteiger partial charge in [0.05, 0.1) is 4.88 Å². The van der Waals surface area contributed by atoms with E-state index in [9.17, 15) is 4.79 Å². The van der Waals surface area contributed by atoms with Gasteiger partial charge in [-0.25, -0.2) is 0 Å². The average Bonchev–Trinajstić information content (AvgIpc) is 2.48. The van der Waals surface area contributed by atoms with Crippen molar-refractivity contribution in [2.24, 2.45) is 5.92 Å². The van der Waals surface area contributed by atoms with Gasteiger partial charge in [0.2, 0.25) is 0 Å². The van der Waals surface area contributed by atoms with Crippen molar-refractivity contribution in [3.05, 3.63) is 20.9 Å². The standard InChI is InChI=1S/C11H14OS/c1-5-6(2)10(12)11-9(5)7(3)8(4)13-11/h5-6H,1-4H3/t5-,6-/m0/s1. The van der Waals surface area contributed by atoms with Crippen molar-refractivity contribution in [2.45, 2.75) is 33.6 Å². The second kappa shape index (κ2) is 2.68. The van der Waals surface area contributed by atoms with Crippen molar-refractivity contribution in [1.29, 1.82) is 0 Å². The van der Waals surface area contributed by atoms with E-state index >= 15 is 0 Å². The van der Waals surface area contributed by atoms with Crippen molar-refractivity contribution >= 4 is 17.1 Å². The van der Waals surface area contributed by atoms with Gasteiger partial charge in [-0.15, -0.1) is 11.3 Å². The molecule has 13 heavy (non-hydrogen) atoms. The number of ketones is 1. The Morgan fingerprint density at radius 1 is 1.15 bits per heavy atom. The van der Waals surface area contributed by atoms with E-state index < -0.39 is 0 Å². The van der Waals surface area contributed by atoms with Crippen LogP contribution < -0.4 is 0 Å². The summed E-state index contributed by atoms with van der Waals surface area (Å²) in [6.45, 7) is 8.43. The van der Waals surface area contributed by atoms with E-state index in [0.717, 1.165) is 4.88 Å². The second-order valence-corrected chi connectivity index (χ2v) is 5.19. The molecule has 2 heteroatoms. The van der Waals surface area contributed by atoms with Gasteiger partial charge in [-0.1, -0.05) is 13.8 Å². The Morgan fingerprint density at radius 3 is 2.31 bits per heavy atom. The summed E-state index contributed by atoms with van der Waals surface area (Å²) in [6.07, 6.45) is 0. The molecular formula is C11H14OS. The van der Waals surface area contributed by atoms with Gasteiger partial charge in [-0.05, 0) is 30.9 Å². The SMILES string of the molecule is Cc1sc2c(c1C)[C@@H](C)[C@H](C)C2=O. The molecule has 1 aromatic rings. The molecule has 2 atom stereocenters. The summed E-state index contributed by atoms with van der Waals surface area (Å²) in [5, 5.41) is 0. The highest BCUT2D eigenvalue weighted by Gasteiger charge is 2.37. The van der Waals surface area contributed by atoms with Crippen LogP contribution >= 0.6 is 11.3 Å². The quantitative estimate of drug-likeness (QED) is 0.619. The zero-order valence-corrected chi connectivity index (χ0v) is 9.29. The third kappa shape index (κ3) is 1.01. The molecule has 0 fully saturated rings. The van der Waals surface area contributed by atoms with Gasteiger partial charge in [-0.2, -0.15) is 0 Å². The number of hydrogen-bond donors (Lipinski definition) is 0. The zero-order chi connectivity index (χ0) is 9.75. The van der Waals surface area contributed by atoms with Gasteiger partial charge in [-0.3, -0.25) is 4.79 Å². The number of carbonyl (C=O) groups is 1. The van der Waals surface area contributed by atoms with Crippen molar-refractivity contribution in [3.8, 4) is 0 Å². The first kappa shape index (κ1) is 8.95. The molecule has 0 bridgehead atoms. The van der Waals surface area contributed by atoms with Crippen molar-refractivity contribution in [1.82, 2.24) is 0 Å². The first-order valence-corrected chi connectivity index (χ1v) is 5.49. The number of aryl methyl sites for hydroxylation is 1. The number of hydrogen-bond acceptors (Lipinski definition) is 2. The third-order valence-electron chi connectivity index (χ3n) is 3.27. The van der Waals surface area contributed by atoms with Crippen LogP contribution in [0.4, 0.5) is 0 Å². The lowest BCUT2D eigenvalue weighted by Gasteiger charge is -2.09. The first-order valence-electron chi connectivity index (χ1n) is 4.68. The highest BCUT2D eigenvalue weighted by Crippen LogP contribution is 2.44. The molecule has 2 rings (SSSR count). The summed E-state index contributed by atoms with van der Waals surface area (Å²) in [5.41, 5.74) is 2.66. The van der Waals surface area contributed by atoms with E-state index in [0.29, 0.717) is 11.7 Å². The largest absolute Gasteiger partial charge is 0.293 e. The number of Topliss-reactive ketones (excluding diaryl/α,β-unsaturated/α-hetero) is 1. The summed E-state index contributed by atoms with van der Waals surface area (Å²) in [4.78, 5) is 14.1. The van der Waals surface area contributed by atoms with Crippen LogP contribution in [0.15, 0.2) is 0 Å². The van der Waals surface area contributed by atoms with Crippen molar-refractivity contribution < 1.29 is 4.79 Å². The smallest absolute Gasteiger partial charge is 0.176 e. The van der Waals surface area contributed by atoms with E-state index in [-0.39, 0.29) is 5.92 Å². The Bertz CT molecular complexity index is 376. The monoisotopic (exact) mass is 194 g/mol. The van der Waals surface area contributed by atoms with E-state index in [1.165, 1.54) is 16.0 Å². The van der Waals surface area contributed by atoms with Gasteiger partial charge < -0.3 is 0 Å². The fourth-order valence-corrected chi connectivity index (χ4v) is 3.36. The summed E-state index contributed by atoms with van der Waals surface area (Å²) in [6, 6.07) is 0. The molecule has 0 aliphatic heterocycles. The number of thiophene rings is 1. The lowest BCUT2D eigenvalue weighted by Crippen LogP contribution is -2.06. The van der Waals surface area contributed by atoms with E-state index in [4.69, 9.17) is 0 Å². The van der Waals surface area contributed by atoms with E-state index in [1.807, 2.05) is 6.92 Å². The Hall–Kier alpha value is -0.630. The molecular weight excluding hydrogens is 180 g/mol. The maximum absolute atomic E-state index is 11.8. The van der Waals surface area contributed by atoms with Crippen LogP contribution in [0.25, 0.3) is 0 Å². The minimum Gasteiger partial charge on any atom is -0.293 e. The Morgan fingerprint density at radius 2 is 1.77 bits per heavy atom. The normalized spacial score (nSPS) is 26.6.